The Morgan fingerprint density at radius 2 is 2.12 bits per heavy atom. The molecule has 0 aliphatic carbocycles. The Kier molecular flexibility index (Phi) is 6.46. The van der Waals surface area contributed by atoms with Gasteiger partial charge < -0.3 is 10.5 Å². The quantitative estimate of drug-likeness (QED) is 0.368. The summed E-state index contributed by atoms with van der Waals surface area (Å²) < 4.78 is 29.6. The largest absolute Gasteiger partial charge is 0.468 e. The molecule has 16 heavy (non-hydrogen) atoms. The van der Waals surface area contributed by atoms with Crippen molar-refractivity contribution in [1.82, 2.24) is 4.72 Å². The highest BCUT2D eigenvalue weighted by molar-refractivity contribution is 7.90. The predicted molar refractivity (Wildman–Crippen MR) is 64.4 cm³/mol. The molecule has 1 unspecified atom stereocenters. The zero-order chi connectivity index (χ0) is 12.8. The van der Waals surface area contributed by atoms with Gasteiger partial charge in [-0.2, -0.15) is 0 Å². The Labute approximate surface area is 101 Å². The molecule has 0 amide bonds. The summed E-state index contributed by atoms with van der Waals surface area (Å²) in [4.78, 5) is 11.4. The molecular formula is C8H16N2O4S2. The fraction of sp³-hybridized carbons (Fsp3) is 0.750. The van der Waals surface area contributed by atoms with Crippen LogP contribution in [0.3, 0.4) is 0 Å². The lowest BCUT2D eigenvalue weighted by atomic mass is 10.3. The van der Waals surface area contributed by atoms with Gasteiger partial charge in [-0.3, -0.25) is 4.79 Å². The summed E-state index contributed by atoms with van der Waals surface area (Å²) in [6.07, 6.45) is 0.965. The molecule has 94 valence electrons. The number of ether oxygens (including phenoxy) is 1. The van der Waals surface area contributed by atoms with Crippen LogP contribution in [0.25, 0.3) is 0 Å². The van der Waals surface area contributed by atoms with Crippen molar-refractivity contribution in [2.24, 2.45) is 5.73 Å². The van der Waals surface area contributed by atoms with Crippen molar-refractivity contribution in [1.29, 1.82) is 0 Å². The van der Waals surface area contributed by atoms with Crippen LogP contribution in [0.4, 0.5) is 0 Å². The minimum Gasteiger partial charge on any atom is -0.468 e. The van der Waals surface area contributed by atoms with Crippen molar-refractivity contribution >= 4 is 33.2 Å². The second kappa shape index (κ2) is 6.77. The number of rotatable bonds is 7. The van der Waals surface area contributed by atoms with E-state index in [2.05, 4.69) is 21.7 Å². The zero-order valence-corrected chi connectivity index (χ0v) is 10.9. The van der Waals surface area contributed by atoms with Gasteiger partial charge in [0.15, 0.2) is 5.25 Å². The van der Waals surface area contributed by atoms with Crippen molar-refractivity contribution < 1.29 is 17.9 Å². The lowest BCUT2D eigenvalue weighted by Crippen LogP contribution is -2.38. The van der Waals surface area contributed by atoms with E-state index < -0.39 is 21.2 Å². The number of carbonyl (C=O) groups is 1. The Balaban J connectivity index is 4.15. The van der Waals surface area contributed by atoms with Gasteiger partial charge in [-0.05, 0) is 19.8 Å². The maximum atomic E-state index is 11.5. The Hall–Kier alpha value is -0.730. The first-order chi connectivity index (χ1) is 7.31. The van der Waals surface area contributed by atoms with Gasteiger partial charge in [0.2, 0.25) is 10.0 Å². The van der Waals surface area contributed by atoms with Gasteiger partial charge in [-0.15, -0.1) is 0 Å². The molecule has 6 nitrogen and oxygen atoms in total. The second-order valence-corrected chi connectivity index (χ2v) is 5.78. The molecule has 0 fully saturated rings. The van der Waals surface area contributed by atoms with Crippen LogP contribution in [0, 0.1) is 0 Å². The smallest absolute Gasteiger partial charge is 0.325 e. The number of esters is 1. The van der Waals surface area contributed by atoms with Gasteiger partial charge in [0.05, 0.1) is 12.1 Å². The molecule has 0 aliphatic heterocycles. The van der Waals surface area contributed by atoms with E-state index in [1.165, 1.54) is 6.92 Å². The molecule has 0 bridgehead atoms. The third-order valence-corrected chi connectivity index (χ3v) is 3.84. The number of sulfonamides is 1. The molecule has 0 aromatic heterocycles. The maximum absolute atomic E-state index is 11.5. The Morgan fingerprint density at radius 3 is 2.56 bits per heavy atom. The van der Waals surface area contributed by atoms with Gasteiger partial charge in [0, 0.05) is 6.54 Å². The topological polar surface area (TPSA) is 98.5 Å². The number of nitrogens with two attached hydrogens (primary N) is 1. The number of methoxy groups -OCH3 is 1. The van der Waals surface area contributed by atoms with Crippen molar-refractivity contribution in [3.8, 4) is 0 Å². The first-order valence-electron chi connectivity index (χ1n) is 4.66. The van der Waals surface area contributed by atoms with E-state index in [9.17, 15) is 13.2 Å². The van der Waals surface area contributed by atoms with E-state index in [-0.39, 0.29) is 6.54 Å². The van der Waals surface area contributed by atoms with E-state index in [1.54, 1.807) is 0 Å². The van der Waals surface area contributed by atoms with Crippen LogP contribution < -0.4 is 10.5 Å². The van der Waals surface area contributed by atoms with Crippen molar-refractivity contribution in [2.75, 3.05) is 13.7 Å². The third-order valence-electron chi connectivity index (χ3n) is 1.90. The minimum atomic E-state index is -3.68. The molecule has 0 aromatic rings. The molecule has 0 saturated heterocycles. The first kappa shape index (κ1) is 15.3. The maximum Gasteiger partial charge on any atom is 0.325 e. The van der Waals surface area contributed by atoms with Crippen molar-refractivity contribution in [2.45, 2.75) is 25.0 Å². The molecule has 0 aliphatic rings. The molecular weight excluding hydrogens is 252 g/mol. The summed E-state index contributed by atoms with van der Waals surface area (Å²) in [6.45, 7) is 1.46. The highest BCUT2D eigenvalue weighted by Crippen LogP contribution is 2.01. The molecule has 0 aromatic carbocycles. The monoisotopic (exact) mass is 268 g/mol. The van der Waals surface area contributed by atoms with Gasteiger partial charge in [-0.25, -0.2) is 13.1 Å². The summed E-state index contributed by atoms with van der Waals surface area (Å²) in [5, 5.41) is -1.22. The number of thiocarbonyl (C=S) groups is 1. The van der Waals surface area contributed by atoms with Crippen LogP contribution in [0.2, 0.25) is 0 Å². The standard InChI is InChI=1S/C8H16N2O4S2/c1-6(8(11)14-2)16(12,13)10-5-3-4-7(9)15/h6,10H,3-5H2,1-2H3,(H2,9,15). The Bertz CT molecular complexity index is 353. The minimum absolute atomic E-state index is 0.195. The van der Waals surface area contributed by atoms with E-state index in [1.807, 2.05) is 0 Å². The van der Waals surface area contributed by atoms with Crippen molar-refractivity contribution in [3.63, 3.8) is 0 Å². The average Bonchev–Trinajstić information content (AvgIpc) is 2.22. The van der Waals surface area contributed by atoms with Gasteiger partial charge in [0.1, 0.15) is 0 Å². The molecule has 1 atom stereocenters. The van der Waals surface area contributed by atoms with E-state index in [0.29, 0.717) is 17.8 Å². The molecule has 3 N–H and O–H groups in total. The molecule has 0 spiro atoms. The number of nitrogens with one attached hydrogen (secondary N) is 1. The summed E-state index contributed by atoms with van der Waals surface area (Å²) >= 11 is 4.64. The predicted octanol–water partition coefficient (Wildman–Crippen LogP) is -0.466. The lowest BCUT2D eigenvalue weighted by Gasteiger charge is -2.11. The summed E-state index contributed by atoms with van der Waals surface area (Å²) in [5.74, 6) is -0.790. The highest BCUT2D eigenvalue weighted by atomic mass is 32.2. The fourth-order valence-electron chi connectivity index (χ4n) is 0.895. The van der Waals surface area contributed by atoms with Crippen LogP contribution in [-0.4, -0.2) is 38.3 Å². The summed E-state index contributed by atoms with van der Waals surface area (Å²) in [7, 11) is -2.54. The highest BCUT2D eigenvalue weighted by Gasteiger charge is 2.27. The number of carbonyl (C=O) groups excluding carboxylic acids is 1. The number of hydrogen-bond acceptors (Lipinski definition) is 5. The van der Waals surface area contributed by atoms with Crippen LogP contribution in [0.15, 0.2) is 0 Å². The van der Waals surface area contributed by atoms with E-state index in [0.717, 1.165) is 7.11 Å². The molecule has 0 rings (SSSR count). The van der Waals surface area contributed by atoms with Gasteiger partial charge >= 0.3 is 5.97 Å². The molecule has 0 saturated carbocycles. The average molecular weight is 268 g/mol. The molecule has 8 heteroatoms. The lowest BCUT2D eigenvalue weighted by molar-refractivity contribution is -0.139. The van der Waals surface area contributed by atoms with Crippen LogP contribution in [0.1, 0.15) is 19.8 Å². The SMILES string of the molecule is COC(=O)C(C)S(=O)(=O)NCCCC(N)=S. The summed E-state index contributed by atoms with van der Waals surface area (Å²) in [6, 6.07) is 0. The fourth-order valence-corrected chi connectivity index (χ4v) is 2.07. The molecule has 0 radical (unpaired) electrons. The normalized spacial score (nSPS) is 13.1. The van der Waals surface area contributed by atoms with E-state index in [4.69, 9.17) is 5.73 Å². The summed E-state index contributed by atoms with van der Waals surface area (Å²) in [5.41, 5.74) is 5.25. The Morgan fingerprint density at radius 1 is 1.56 bits per heavy atom. The van der Waals surface area contributed by atoms with Crippen molar-refractivity contribution in [3.05, 3.63) is 0 Å². The third kappa shape index (κ3) is 5.38. The van der Waals surface area contributed by atoms with Crippen LogP contribution in [0.5, 0.6) is 0 Å². The van der Waals surface area contributed by atoms with Crippen LogP contribution in [-0.2, 0) is 19.6 Å². The van der Waals surface area contributed by atoms with Gasteiger partial charge in [-0.1, -0.05) is 12.2 Å². The van der Waals surface area contributed by atoms with E-state index >= 15 is 0 Å². The molecule has 0 heterocycles. The first-order valence-corrected chi connectivity index (χ1v) is 6.61. The van der Waals surface area contributed by atoms with Crippen LogP contribution >= 0.6 is 12.2 Å². The number of hydrogen-bond donors (Lipinski definition) is 2. The van der Waals surface area contributed by atoms with Gasteiger partial charge in [0.25, 0.3) is 0 Å². The second-order valence-electron chi connectivity index (χ2n) is 3.17. The zero-order valence-electron chi connectivity index (χ0n) is 9.23.